The standard InChI is InChI=1S/C19H25N3O2/c1-4-22(5-2)19(23)18-14-20-11-10-16(18)13-21-12-15-6-8-17(24-3)9-7-15/h6-11,14,21H,4-5,12-13H2,1-3H3. The van der Waals surface area contributed by atoms with E-state index in [1.54, 1.807) is 19.5 Å². The van der Waals surface area contributed by atoms with Gasteiger partial charge in [0.25, 0.3) is 5.91 Å². The lowest BCUT2D eigenvalue weighted by Crippen LogP contribution is -2.31. The van der Waals surface area contributed by atoms with Crippen LogP contribution in [-0.4, -0.2) is 36.0 Å². The van der Waals surface area contributed by atoms with Crippen LogP contribution in [0.4, 0.5) is 0 Å². The van der Waals surface area contributed by atoms with Crippen LogP contribution in [0.2, 0.25) is 0 Å². The van der Waals surface area contributed by atoms with Crippen LogP contribution in [-0.2, 0) is 13.1 Å². The Morgan fingerprint density at radius 1 is 1.12 bits per heavy atom. The summed E-state index contributed by atoms with van der Waals surface area (Å²) in [5.41, 5.74) is 2.81. The van der Waals surface area contributed by atoms with Gasteiger partial charge in [-0.3, -0.25) is 9.78 Å². The highest BCUT2D eigenvalue weighted by molar-refractivity contribution is 5.95. The van der Waals surface area contributed by atoms with Gasteiger partial charge in [-0.2, -0.15) is 0 Å². The minimum absolute atomic E-state index is 0.0364. The first kappa shape index (κ1) is 17.9. The molecule has 2 rings (SSSR count). The number of methoxy groups -OCH3 is 1. The molecule has 0 unspecified atom stereocenters. The van der Waals surface area contributed by atoms with Crippen LogP contribution in [0, 0.1) is 0 Å². The van der Waals surface area contributed by atoms with Crippen molar-refractivity contribution in [2.45, 2.75) is 26.9 Å². The van der Waals surface area contributed by atoms with Crippen molar-refractivity contribution >= 4 is 5.91 Å². The fraction of sp³-hybridized carbons (Fsp3) is 0.368. The van der Waals surface area contributed by atoms with E-state index in [1.165, 1.54) is 5.56 Å². The summed E-state index contributed by atoms with van der Waals surface area (Å²) in [6.45, 7) is 6.72. The van der Waals surface area contributed by atoms with Crippen molar-refractivity contribution in [2.24, 2.45) is 0 Å². The molecule has 5 heteroatoms. The maximum Gasteiger partial charge on any atom is 0.255 e. The van der Waals surface area contributed by atoms with Gasteiger partial charge in [-0.05, 0) is 43.2 Å². The topological polar surface area (TPSA) is 54.5 Å². The summed E-state index contributed by atoms with van der Waals surface area (Å²) in [7, 11) is 1.66. The molecule has 0 atom stereocenters. The Balaban J connectivity index is 2.00. The molecule has 0 saturated heterocycles. The lowest BCUT2D eigenvalue weighted by molar-refractivity contribution is 0.0771. The molecule has 0 aliphatic carbocycles. The number of ether oxygens (including phenoxy) is 1. The summed E-state index contributed by atoms with van der Waals surface area (Å²) >= 11 is 0. The van der Waals surface area contributed by atoms with Gasteiger partial charge in [-0.15, -0.1) is 0 Å². The lowest BCUT2D eigenvalue weighted by atomic mass is 10.1. The molecule has 0 aliphatic heterocycles. The zero-order valence-corrected chi connectivity index (χ0v) is 14.6. The molecule has 0 radical (unpaired) electrons. The van der Waals surface area contributed by atoms with E-state index in [1.807, 2.05) is 49.1 Å². The second-order valence-electron chi connectivity index (χ2n) is 5.46. The summed E-state index contributed by atoms with van der Waals surface area (Å²) in [5, 5.41) is 3.39. The van der Waals surface area contributed by atoms with Crippen molar-refractivity contribution in [3.8, 4) is 5.75 Å². The SMILES string of the molecule is CCN(CC)C(=O)c1cnccc1CNCc1ccc(OC)cc1. The van der Waals surface area contributed by atoms with Crippen molar-refractivity contribution in [3.63, 3.8) is 0 Å². The molecule has 1 aromatic heterocycles. The Bertz CT molecular complexity index is 652. The third-order valence-electron chi connectivity index (χ3n) is 4.00. The van der Waals surface area contributed by atoms with Crippen LogP contribution < -0.4 is 10.1 Å². The van der Waals surface area contributed by atoms with E-state index in [-0.39, 0.29) is 5.91 Å². The maximum absolute atomic E-state index is 12.6. The summed E-state index contributed by atoms with van der Waals surface area (Å²) in [4.78, 5) is 18.5. The number of nitrogens with one attached hydrogen (secondary N) is 1. The van der Waals surface area contributed by atoms with Crippen molar-refractivity contribution in [3.05, 3.63) is 59.4 Å². The number of pyridine rings is 1. The number of rotatable bonds is 8. The number of aromatic nitrogens is 1. The molecule has 0 spiro atoms. The molecule has 1 heterocycles. The van der Waals surface area contributed by atoms with Crippen molar-refractivity contribution in [1.29, 1.82) is 0 Å². The predicted octanol–water partition coefficient (Wildman–Crippen LogP) is 2.86. The molecule has 5 nitrogen and oxygen atoms in total. The highest BCUT2D eigenvalue weighted by atomic mass is 16.5. The highest BCUT2D eigenvalue weighted by Gasteiger charge is 2.16. The van der Waals surface area contributed by atoms with E-state index in [2.05, 4.69) is 10.3 Å². The summed E-state index contributed by atoms with van der Waals surface area (Å²) in [6, 6.07) is 9.84. The van der Waals surface area contributed by atoms with Crippen LogP contribution in [0.1, 0.15) is 35.3 Å². The second-order valence-corrected chi connectivity index (χ2v) is 5.46. The number of nitrogens with zero attached hydrogens (tertiary/aromatic N) is 2. The number of benzene rings is 1. The number of amides is 1. The van der Waals surface area contributed by atoms with Crippen molar-refractivity contribution in [2.75, 3.05) is 20.2 Å². The van der Waals surface area contributed by atoms with E-state index in [0.29, 0.717) is 25.2 Å². The van der Waals surface area contributed by atoms with E-state index in [0.717, 1.165) is 17.9 Å². The third-order valence-corrected chi connectivity index (χ3v) is 4.00. The Morgan fingerprint density at radius 3 is 2.46 bits per heavy atom. The minimum Gasteiger partial charge on any atom is -0.497 e. The van der Waals surface area contributed by atoms with Crippen LogP contribution >= 0.6 is 0 Å². The average Bonchev–Trinajstić information content (AvgIpc) is 2.63. The van der Waals surface area contributed by atoms with E-state index in [4.69, 9.17) is 4.74 Å². The Kier molecular flexibility index (Phi) is 6.75. The van der Waals surface area contributed by atoms with Gasteiger partial charge in [0.05, 0.1) is 12.7 Å². The van der Waals surface area contributed by atoms with Crippen molar-refractivity contribution < 1.29 is 9.53 Å². The normalized spacial score (nSPS) is 10.5. The maximum atomic E-state index is 12.6. The minimum atomic E-state index is 0.0364. The van der Waals surface area contributed by atoms with Crippen LogP contribution in [0.5, 0.6) is 5.75 Å². The molecule has 1 aromatic carbocycles. The average molecular weight is 327 g/mol. The van der Waals surface area contributed by atoms with Crippen LogP contribution in [0.3, 0.4) is 0 Å². The number of hydrogen-bond donors (Lipinski definition) is 1. The molecular formula is C19H25N3O2. The van der Waals surface area contributed by atoms with E-state index in [9.17, 15) is 4.79 Å². The van der Waals surface area contributed by atoms with Gasteiger partial charge in [0, 0.05) is 38.6 Å². The van der Waals surface area contributed by atoms with Crippen LogP contribution in [0.25, 0.3) is 0 Å². The van der Waals surface area contributed by atoms with Crippen LogP contribution in [0.15, 0.2) is 42.7 Å². The monoisotopic (exact) mass is 327 g/mol. The fourth-order valence-electron chi connectivity index (χ4n) is 2.54. The molecule has 24 heavy (non-hydrogen) atoms. The van der Waals surface area contributed by atoms with Gasteiger partial charge in [0.2, 0.25) is 0 Å². The fourth-order valence-corrected chi connectivity index (χ4v) is 2.54. The number of carbonyl (C=O) groups is 1. The lowest BCUT2D eigenvalue weighted by Gasteiger charge is -2.20. The molecule has 0 aliphatic rings. The van der Waals surface area contributed by atoms with E-state index >= 15 is 0 Å². The first-order valence-corrected chi connectivity index (χ1v) is 8.25. The van der Waals surface area contributed by atoms with Gasteiger partial charge in [-0.1, -0.05) is 12.1 Å². The van der Waals surface area contributed by atoms with Crippen molar-refractivity contribution in [1.82, 2.24) is 15.2 Å². The summed E-state index contributed by atoms with van der Waals surface area (Å²) in [5.74, 6) is 0.884. The number of carbonyl (C=O) groups excluding carboxylic acids is 1. The predicted molar refractivity (Wildman–Crippen MR) is 95.0 cm³/mol. The summed E-state index contributed by atoms with van der Waals surface area (Å²) in [6.07, 6.45) is 3.38. The molecule has 0 saturated carbocycles. The first-order valence-electron chi connectivity index (χ1n) is 8.25. The van der Waals surface area contributed by atoms with Gasteiger partial charge in [0.1, 0.15) is 5.75 Å². The third kappa shape index (κ3) is 4.55. The van der Waals surface area contributed by atoms with E-state index < -0.39 is 0 Å². The largest absolute Gasteiger partial charge is 0.497 e. The van der Waals surface area contributed by atoms with Gasteiger partial charge >= 0.3 is 0 Å². The Morgan fingerprint density at radius 2 is 1.83 bits per heavy atom. The van der Waals surface area contributed by atoms with Gasteiger partial charge in [0.15, 0.2) is 0 Å². The molecular weight excluding hydrogens is 302 g/mol. The van der Waals surface area contributed by atoms with Gasteiger partial charge < -0.3 is 15.0 Å². The highest BCUT2D eigenvalue weighted by Crippen LogP contribution is 2.13. The molecule has 1 amide bonds. The molecule has 128 valence electrons. The zero-order valence-electron chi connectivity index (χ0n) is 14.6. The Hall–Kier alpha value is -2.40. The first-order chi connectivity index (χ1) is 11.7. The molecule has 0 bridgehead atoms. The molecule has 2 aromatic rings. The zero-order chi connectivity index (χ0) is 17.4. The second kappa shape index (κ2) is 9.03. The molecule has 0 fully saturated rings. The van der Waals surface area contributed by atoms with Gasteiger partial charge in [-0.25, -0.2) is 0 Å². The summed E-state index contributed by atoms with van der Waals surface area (Å²) < 4.78 is 5.16. The smallest absolute Gasteiger partial charge is 0.255 e. The number of hydrogen-bond acceptors (Lipinski definition) is 4. The Labute approximate surface area is 143 Å². The molecule has 1 N–H and O–H groups in total. The quantitative estimate of drug-likeness (QED) is 0.810.